The number of fused-ring (bicyclic) bond motifs is 3. The summed E-state index contributed by atoms with van der Waals surface area (Å²) in [4.78, 5) is 12.1. The Hall–Kier alpha value is -3.06. The predicted molar refractivity (Wildman–Crippen MR) is 128 cm³/mol. The molecule has 1 aromatic heterocycles. The van der Waals surface area contributed by atoms with E-state index in [-0.39, 0.29) is 0 Å². The van der Waals surface area contributed by atoms with Gasteiger partial charge < -0.3 is 9.67 Å². The number of carbonyl (C=O) groups is 1. The normalized spacial score (nSPS) is 15.8. The third kappa shape index (κ3) is 4.58. The smallest absolute Gasteiger partial charge is 0.337 e. The number of carboxylic acids is 1. The minimum Gasteiger partial charge on any atom is -0.478 e. The van der Waals surface area contributed by atoms with Crippen LogP contribution >= 0.6 is 0 Å². The van der Waals surface area contributed by atoms with Crippen LogP contribution in [0.15, 0.2) is 42.5 Å². The van der Waals surface area contributed by atoms with Crippen molar-refractivity contribution in [2.24, 2.45) is 5.92 Å². The number of nitrogens with zero attached hydrogens (tertiary/aromatic N) is 2. The standard InChI is InChI=1S/C28H32N2O2/c1-2-3-4-5-8-20-9-6-10-23-24-11-7-12-25(28(31)32)27(24)30(26(23)17-20)19-22-15-13-21(18-29)14-16-22/h7,11-16,20H,2-6,8-10,17,19H2,1H3,(H,31,32). The molecule has 0 radical (unpaired) electrons. The highest BCUT2D eigenvalue weighted by Gasteiger charge is 2.26. The molecule has 0 spiro atoms. The Morgan fingerprint density at radius 3 is 2.69 bits per heavy atom. The molecule has 1 heterocycles. The van der Waals surface area contributed by atoms with Crippen molar-refractivity contribution in [3.63, 3.8) is 0 Å². The Balaban J connectivity index is 1.76. The summed E-state index contributed by atoms with van der Waals surface area (Å²) in [6.07, 6.45) is 10.8. The topological polar surface area (TPSA) is 66.0 Å². The molecule has 0 bridgehead atoms. The molecule has 0 saturated heterocycles. The largest absolute Gasteiger partial charge is 0.478 e. The maximum Gasteiger partial charge on any atom is 0.337 e. The molecule has 0 saturated carbocycles. The van der Waals surface area contributed by atoms with Gasteiger partial charge >= 0.3 is 5.97 Å². The lowest BCUT2D eigenvalue weighted by atomic mass is 9.93. The molecule has 32 heavy (non-hydrogen) atoms. The van der Waals surface area contributed by atoms with Gasteiger partial charge in [0, 0.05) is 17.6 Å². The fraction of sp³-hybridized carbons (Fsp3) is 0.429. The Bertz CT molecular complexity index is 1130. The van der Waals surface area contributed by atoms with Gasteiger partial charge in [0.2, 0.25) is 0 Å². The second-order valence-corrected chi connectivity index (χ2v) is 9.14. The van der Waals surface area contributed by atoms with Gasteiger partial charge in [-0.25, -0.2) is 4.79 Å². The zero-order valence-electron chi connectivity index (χ0n) is 18.9. The predicted octanol–water partition coefficient (Wildman–Crippen LogP) is 6.72. The van der Waals surface area contributed by atoms with Crippen molar-refractivity contribution in [2.75, 3.05) is 0 Å². The summed E-state index contributed by atoms with van der Waals surface area (Å²) in [5, 5.41) is 20.2. The van der Waals surface area contributed by atoms with E-state index in [2.05, 4.69) is 23.6 Å². The maximum absolute atomic E-state index is 12.1. The Morgan fingerprint density at radius 1 is 1.16 bits per heavy atom. The SMILES string of the molecule is CCCCCCC1CCCc2c(n(Cc3ccc(C#N)cc3)c3c(C(=O)O)cccc23)C1. The van der Waals surface area contributed by atoms with Crippen molar-refractivity contribution in [1.29, 1.82) is 5.26 Å². The number of hydrogen-bond donors (Lipinski definition) is 1. The minimum atomic E-state index is -0.875. The minimum absolute atomic E-state index is 0.378. The summed E-state index contributed by atoms with van der Waals surface area (Å²) in [5.41, 5.74) is 5.62. The van der Waals surface area contributed by atoms with E-state index in [1.165, 1.54) is 56.2 Å². The van der Waals surface area contributed by atoms with Crippen LogP contribution in [0, 0.1) is 17.2 Å². The molecule has 1 unspecified atom stereocenters. The number of nitriles is 1. The van der Waals surface area contributed by atoms with Crippen molar-refractivity contribution >= 4 is 16.9 Å². The van der Waals surface area contributed by atoms with E-state index >= 15 is 0 Å². The molecule has 3 aromatic rings. The van der Waals surface area contributed by atoms with Gasteiger partial charge in [0.1, 0.15) is 0 Å². The highest BCUT2D eigenvalue weighted by molar-refractivity contribution is 6.04. The fourth-order valence-corrected chi connectivity index (χ4v) is 5.31. The molecule has 1 atom stereocenters. The van der Waals surface area contributed by atoms with E-state index in [1.807, 2.05) is 30.3 Å². The van der Waals surface area contributed by atoms with Gasteiger partial charge in [-0.05, 0) is 60.9 Å². The van der Waals surface area contributed by atoms with E-state index in [0.717, 1.165) is 29.3 Å². The Kier molecular flexibility index (Phi) is 6.95. The number of para-hydroxylation sites is 1. The third-order valence-electron chi connectivity index (χ3n) is 6.95. The first-order valence-corrected chi connectivity index (χ1v) is 12.0. The first-order valence-electron chi connectivity index (χ1n) is 12.0. The Labute approximate surface area is 190 Å². The quantitative estimate of drug-likeness (QED) is 0.320. The fourth-order valence-electron chi connectivity index (χ4n) is 5.31. The van der Waals surface area contributed by atoms with Crippen molar-refractivity contribution < 1.29 is 9.90 Å². The van der Waals surface area contributed by atoms with Crippen LogP contribution < -0.4 is 0 Å². The molecular formula is C28H32N2O2. The molecule has 1 aliphatic carbocycles. The van der Waals surface area contributed by atoms with Gasteiger partial charge in [-0.3, -0.25) is 0 Å². The van der Waals surface area contributed by atoms with Crippen LogP contribution in [0.1, 0.15) is 84.6 Å². The third-order valence-corrected chi connectivity index (χ3v) is 6.95. The number of aryl methyl sites for hydroxylation is 1. The monoisotopic (exact) mass is 428 g/mol. The van der Waals surface area contributed by atoms with Crippen molar-refractivity contribution in [3.8, 4) is 6.07 Å². The van der Waals surface area contributed by atoms with Crippen molar-refractivity contribution in [1.82, 2.24) is 4.57 Å². The number of benzene rings is 2. The highest BCUT2D eigenvalue weighted by atomic mass is 16.4. The molecule has 0 fully saturated rings. The molecule has 0 amide bonds. The summed E-state index contributed by atoms with van der Waals surface area (Å²) in [7, 11) is 0. The van der Waals surface area contributed by atoms with E-state index in [4.69, 9.17) is 5.26 Å². The summed E-state index contributed by atoms with van der Waals surface area (Å²) >= 11 is 0. The van der Waals surface area contributed by atoms with Gasteiger partial charge in [-0.2, -0.15) is 5.26 Å². The summed E-state index contributed by atoms with van der Waals surface area (Å²) in [6.45, 7) is 2.88. The molecular weight excluding hydrogens is 396 g/mol. The number of aromatic nitrogens is 1. The summed E-state index contributed by atoms with van der Waals surface area (Å²) in [5.74, 6) is -0.217. The molecule has 0 aliphatic heterocycles. The van der Waals surface area contributed by atoms with E-state index < -0.39 is 5.97 Å². The second kappa shape index (κ2) is 10.0. The van der Waals surface area contributed by atoms with E-state index in [9.17, 15) is 9.90 Å². The second-order valence-electron chi connectivity index (χ2n) is 9.14. The molecule has 1 aliphatic rings. The van der Waals surface area contributed by atoms with Crippen LogP contribution in [0.4, 0.5) is 0 Å². The van der Waals surface area contributed by atoms with Crippen LogP contribution in [0.5, 0.6) is 0 Å². The van der Waals surface area contributed by atoms with Crippen LogP contribution in [-0.4, -0.2) is 15.6 Å². The number of rotatable bonds is 8. The van der Waals surface area contributed by atoms with Crippen LogP contribution in [-0.2, 0) is 19.4 Å². The van der Waals surface area contributed by atoms with Crippen LogP contribution in [0.3, 0.4) is 0 Å². The number of aromatic carboxylic acids is 1. The zero-order valence-corrected chi connectivity index (χ0v) is 18.9. The summed E-state index contributed by atoms with van der Waals surface area (Å²) in [6, 6.07) is 15.5. The molecule has 2 aromatic carbocycles. The molecule has 4 nitrogen and oxygen atoms in total. The van der Waals surface area contributed by atoms with Crippen molar-refractivity contribution in [2.45, 2.75) is 71.3 Å². The number of carboxylic acid groups (broad SMARTS) is 1. The van der Waals surface area contributed by atoms with Gasteiger partial charge in [-0.15, -0.1) is 0 Å². The molecule has 1 N–H and O–H groups in total. The van der Waals surface area contributed by atoms with Crippen molar-refractivity contribution in [3.05, 3.63) is 70.4 Å². The van der Waals surface area contributed by atoms with Gasteiger partial charge in [-0.1, -0.05) is 63.3 Å². The first kappa shape index (κ1) is 22.1. The summed E-state index contributed by atoms with van der Waals surface area (Å²) < 4.78 is 2.26. The lowest BCUT2D eigenvalue weighted by Crippen LogP contribution is -2.12. The maximum atomic E-state index is 12.1. The van der Waals surface area contributed by atoms with E-state index in [1.54, 1.807) is 6.07 Å². The molecule has 4 heteroatoms. The van der Waals surface area contributed by atoms with Crippen LogP contribution in [0.2, 0.25) is 0 Å². The van der Waals surface area contributed by atoms with Gasteiger partial charge in [0.15, 0.2) is 0 Å². The lowest BCUT2D eigenvalue weighted by molar-refractivity contribution is 0.0698. The lowest BCUT2D eigenvalue weighted by Gasteiger charge is -2.18. The average molecular weight is 429 g/mol. The highest BCUT2D eigenvalue weighted by Crippen LogP contribution is 2.37. The zero-order chi connectivity index (χ0) is 22.5. The Morgan fingerprint density at radius 2 is 1.97 bits per heavy atom. The first-order chi connectivity index (χ1) is 15.6. The van der Waals surface area contributed by atoms with E-state index in [0.29, 0.717) is 23.6 Å². The van der Waals surface area contributed by atoms with Crippen LogP contribution in [0.25, 0.3) is 10.9 Å². The molecule has 166 valence electrons. The van der Waals surface area contributed by atoms with Gasteiger partial charge in [0.25, 0.3) is 0 Å². The van der Waals surface area contributed by atoms with Gasteiger partial charge in [0.05, 0.1) is 22.7 Å². The average Bonchev–Trinajstić information content (AvgIpc) is 2.95. The number of hydrogen-bond acceptors (Lipinski definition) is 2. The number of unbranched alkanes of at least 4 members (excludes halogenated alkanes) is 3. The molecule has 4 rings (SSSR count).